The summed E-state index contributed by atoms with van der Waals surface area (Å²) in [6, 6.07) is 21.1. The molecule has 2 amide bonds. The normalized spacial score (nSPS) is 22.9. The second kappa shape index (κ2) is 9.35. The van der Waals surface area contributed by atoms with Gasteiger partial charge in [0.1, 0.15) is 5.82 Å². The fourth-order valence-corrected chi connectivity index (χ4v) is 6.97. The molecule has 2 atom stereocenters. The van der Waals surface area contributed by atoms with E-state index in [1.165, 1.54) is 22.6 Å². The van der Waals surface area contributed by atoms with Crippen LogP contribution in [0.15, 0.2) is 84.6 Å². The highest BCUT2D eigenvalue weighted by Gasteiger charge is 2.54. The molecule has 4 aromatic rings. The number of benzene rings is 3. The van der Waals surface area contributed by atoms with Crippen LogP contribution in [0.5, 0.6) is 0 Å². The quantitative estimate of drug-likeness (QED) is 0.305. The minimum absolute atomic E-state index is 0.204. The van der Waals surface area contributed by atoms with Crippen molar-refractivity contribution in [3.05, 3.63) is 124 Å². The summed E-state index contributed by atoms with van der Waals surface area (Å²) in [5, 5.41) is 16.7. The van der Waals surface area contributed by atoms with Crippen molar-refractivity contribution in [2.24, 2.45) is 5.41 Å². The van der Waals surface area contributed by atoms with Crippen LogP contribution in [0, 0.1) is 11.2 Å². The van der Waals surface area contributed by atoms with Crippen molar-refractivity contribution in [1.82, 2.24) is 14.7 Å². The third kappa shape index (κ3) is 3.98. The first-order valence-electron chi connectivity index (χ1n) is 14.1. The lowest BCUT2D eigenvalue weighted by molar-refractivity contribution is -0.0462. The van der Waals surface area contributed by atoms with E-state index in [1.807, 2.05) is 35.1 Å². The molecule has 41 heavy (non-hydrogen) atoms. The molecule has 0 spiro atoms. The minimum Gasteiger partial charge on any atom is -0.389 e. The van der Waals surface area contributed by atoms with Crippen molar-refractivity contribution in [3.63, 3.8) is 0 Å². The maximum atomic E-state index is 13.5. The van der Waals surface area contributed by atoms with Crippen molar-refractivity contribution in [1.29, 1.82) is 0 Å². The van der Waals surface area contributed by atoms with Crippen LogP contribution in [0.1, 0.15) is 69.3 Å². The summed E-state index contributed by atoms with van der Waals surface area (Å²) in [6.07, 6.45) is 7.31. The molecule has 0 unspecified atom stereocenters. The van der Waals surface area contributed by atoms with Crippen LogP contribution < -0.4 is 0 Å². The number of amides is 2. The second-order valence-electron chi connectivity index (χ2n) is 11.7. The summed E-state index contributed by atoms with van der Waals surface area (Å²) in [5.41, 5.74) is 5.53. The van der Waals surface area contributed by atoms with E-state index in [0.717, 1.165) is 34.5 Å². The topological polar surface area (TPSA) is 75.4 Å². The molecular formula is C34H30FN3O3. The predicted molar refractivity (Wildman–Crippen MR) is 153 cm³/mol. The average Bonchev–Trinajstić information content (AvgIpc) is 3.58. The molecule has 0 bridgehead atoms. The number of aryl methyl sites for hydroxylation is 1. The zero-order valence-corrected chi connectivity index (χ0v) is 22.8. The standard InChI is InChI=1S/C34H30FN3O3/c1-33-19-24-20-36-38(27-12-10-26(35)11-13-27)30(24)18-25(33)15-17-34(33,41)16-14-22-6-2-3-7-23(22)21-37-31(39)28-8-4-5-9-29(28)32(37)40/h2-13,18,20,41H,14-17,19,21H2,1H3/t33-,34-/m0/s1. The van der Waals surface area contributed by atoms with Gasteiger partial charge in [-0.15, -0.1) is 0 Å². The number of hydrogen-bond acceptors (Lipinski definition) is 4. The van der Waals surface area contributed by atoms with Crippen LogP contribution in [0.2, 0.25) is 0 Å². The molecule has 1 saturated carbocycles. The van der Waals surface area contributed by atoms with Gasteiger partial charge in [0.05, 0.1) is 40.9 Å². The smallest absolute Gasteiger partial charge is 0.261 e. The van der Waals surface area contributed by atoms with Gasteiger partial charge in [-0.25, -0.2) is 9.07 Å². The Labute approximate surface area is 237 Å². The van der Waals surface area contributed by atoms with Gasteiger partial charge < -0.3 is 5.11 Å². The first-order valence-corrected chi connectivity index (χ1v) is 14.1. The average molecular weight is 548 g/mol. The Balaban J connectivity index is 1.11. The number of rotatable bonds is 6. The van der Waals surface area contributed by atoms with E-state index in [9.17, 15) is 19.1 Å². The van der Waals surface area contributed by atoms with E-state index >= 15 is 0 Å². The molecule has 1 aliphatic heterocycles. The zero-order valence-electron chi connectivity index (χ0n) is 22.8. The Hall–Kier alpha value is -4.36. The molecule has 3 aliphatic rings. The number of carbonyl (C=O) groups excluding carboxylic acids is 2. The summed E-state index contributed by atoms with van der Waals surface area (Å²) < 4.78 is 15.3. The first-order chi connectivity index (χ1) is 19.8. The second-order valence-corrected chi connectivity index (χ2v) is 11.7. The lowest BCUT2D eigenvalue weighted by atomic mass is 9.65. The number of aliphatic hydroxyl groups is 1. The van der Waals surface area contributed by atoms with Crippen LogP contribution in [0.3, 0.4) is 0 Å². The molecule has 0 radical (unpaired) electrons. The molecule has 1 N–H and O–H groups in total. The van der Waals surface area contributed by atoms with Crippen molar-refractivity contribution in [2.75, 3.05) is 0 Å². The van der Waals surface area contributed by atoms with Gasteiger partial charge in [0.15, 0.2) is 0 Å². The number of hydrogen-bond donors (Lipinski definition) is 1. The van der Waals surface area contributed by atoms with Crippen molar-refractivity contribution >= 4 is 17.9 Å². The van der Waals surface area contributed by atoms with Gasteiger partial charge >= 0.3 is 0 Å². The number of carbonyl (C=O) groups is 2. The highest BCUT2D eigenvalue weighted by molar-refractivity contribution is 6.21. The van der Waals surface area contributed by atoms with E-state index in [-0.39, 0.29) is 24.2 Å². The van der Waals surface area contributed by atoms with Gasteiger partial charge in [0.2, 0.25) is 0 Å². The summed E-state index contributed by atoms with van der Waals surface area (Å²) >= 11 is 0. The third-order valence-corrected chi connectivity index (χ3v) is 9.49. The predicted octanol–water partition coefficient (Wildman–Crippen LogP) is 5.91. The molecule has 206 valence electrons. The van der Waals surface area contributed by atoms with Gasteiger partial charge in [-0.05, 0) is 91.3 Å². The monoisotopic (exact) mass is 547 g/mol. The third-order valence-electron chi connectivity index (χ3n) is 9.49. The van der Waals surface area contributed by atoms with E-state index < -0.39 is 11.0 Å². The molecule has 7 rings (SSSR count). The Morgan fingerprint density at radius 1 is 0.927 bits per heavy atom. The van der Waals surface area contributed by atoms with E-state index in [0.29, 0.717) is 36.8 Å². The Bertz CT molecular complexity index is 1710. The molecule has 2 aliphatic carbocycles. The number of aromatic nitrogens is 2. The molecule has 7 heteroatoms. The molecule has 1 aromatic heterocycles. The molecule has 0 saturated heterocycles. The van der Waals surface area contributed by atoms with Gasteiger partial charge in [0.25, 0.3) is 11.8 Å². The van der Waals surface area contributed by atoms with Gasteiger partial charge in [-0.1, -0.05) is 48.9 Å². The van der Waals surface area contributed by atoms with Gasteiger partial charge in [-0.2, -0.15) is 5.10 Å². The number of nitrogens with zero attached hydrogens (tertiary/aromatic N) is 3. The van der Waals surface area contributed by atoms with Crippen molar-refractivity contribution < 1.29 is 19.1 Å². The summed E-state index contributed by atoms with van der Waals surface area (Å²) in [6.45, 7) is 2.35. The largest absolute Gasteiger partial charge is 0.389 e. The Morgan fingerprint density at radius 2 is 1.59 bits per heavy atom. The molecular weight excluding hydrogens is 517 g/mol. The molecule has 2 heterocycles. The first kappa shape index (κ1) is 25.6. The summed E-state index contributed by atoms with van der Waals surface area (Å²) in [5.74, 6) is -0.820. The summed E-state index contributed by atoms with van der Waals surface area (Å²) in [7, 11) is 0. The van der Waals surface area contributed by atoms with Crippen molar-refractivity contribution in [2.45, 2.75) is 51.2 Å². The molecule has 3 aromatic carbocycles. The van der Waals surface area contributed by atoms with Crippen LogP contribution in [-0.2, 0) is 19.4 Å². The zero-order chi connectivity index (χ0) is 28.4. The lowest BCUT2D eigenvalue weighted by Crippen LogP contribution is -2.45. The highest BCUT2D eigenvalue weighted by Crippen LogP contribution is 2.57. The van der Waals surface area contributed by atoms with Crippen molar-refractivity contribution in [3.8, 4) is 5.69 Å². The number of halogens is 1. The van der Waals surface area contributed by atoms with Crippen LogP contribution in [-0.4, -0.2) is 37.2 Å². The van der Waals surface area contributed by atoms with Gasteiger partial charge in [0, 0.05) is 5.41 Å². The fraction of sp³-hybridized carbons (Fsp3) is 0.265. The van der Waals surface area contributed by atoms with Crippen LogP contribution >= 0.6 is 0 Å². The number of imide groups is 1. The molecule has 1 fully saturated rings. The minimum atomic E-state index is -0.920. The summed E-state index contributed by atoms with van der Waals surface area (Å²) in [4.78, 5) is 27.3. The van der Waals surface area contributed by atoms with E-state index in [2.05, 4.69) is 18.1 Å². The van der Waals surface area contributed by atoms with E-state index in [4.69, 9.17) is 0 Å². The molecule has 6 nitrogen and oxygen atoms in total. The Morgan fingerprint density at radius 3 is 2.29 bits per heavy atom. The Kier molecular flexibility index (Phi) is 5.84. The fourth-order valence-electron chi connectivity index (χ4n) is 6.97. The van der Waals surface area contributed by atoms with Crippen LogP contribution in [0.25, 0.3) is 11.8 Å². The van der Waals surface area contributed by atoms with Gasteiger partial charge in [-0.3, -0.25) is 14.5 Å². The SMILES string of the molecule is C[C@]12Cc3cnn(-c4ccc(F)cc4)c3C=C1CC[C@@]2(O)CCc1ccccc1CN1C(=O)c2ccccc2C1=O. The maximum Gasteiger partial charge on any atom is 0.261 e. The van der Waals surface area contributed by atoms with E-state index in [1.54, 1.807) is 36.4 Å². The van der Waals surface area contributed by atoms with Crippen LogP contribution in [0.4, 0.5) is 4.39 Å². The number of fused-ring (bicyclic) bond motifs is 3. The lowest BCUT2D eigenvalue weighted by Gasteiger charge is -2.42. The maximum absolute atomic E-state index is 13.5. The highest BCUT2D eigenvalue weighted by atomic mass is 19.1.